The average Bonchev–Trinajstić information content (AvgIpc) is 3.62. The molecule has 3 nitrogen and oxygen atoms in total. The number of allylic oxidation sites excluding steroid dienone is 6. The van der Waals surface area contributed by atoms with Crippen LogP contribution < -0.4 is 4.90 Å². The fourth-order valence-electron chi connectivity index (χ4n) is 7.70. The molecule has 3 heteroatoms. The Morgan fingerprint density at radius 2 is 1.16 bits per heavy atom. The van der Waals surface area contributed by atoms with E-state index in [4.69, 9.17) is 0 Å². The summed E-state index contributed by atoms with van der Waals surface area (Å²) >= 11 is 0. The second kappa shape index (κ2) is 10.7. The number of para-hydroxylation sites is 3. The maximum absolute atomic E-state index is 2.60. The largest absolute Gasteiger partial charge is 0.337 e. The molecule has 45 heavy (non-hydrogen) atoms. The zero-order chi connectivity index (χ0) is 29.7. The molecule has 9 rings (SSSR count). The summed E-state index contributed by atoms with van der Waals surface area (Å²) in [7, 11) is 0. The van der Waals surface area contributed by atoms with Gasteiger partial charge in [-0.3, -0.25) is 0 Å². The first-order valence-corrected chi connectivity index (χ1v) is 16.3. The summed E-state index contributed by atoms with van der Waals surface area (Å²) < 4.78 is 5.03. The Morgan fingerprint density at radius 1 is 0.511 bits per heavy atom. The van der Waals surface area contributed by atoms with Crippen molar-refractivity contribution >= 4 is 66.4 Å². The fourth-order valence-corrected chi connectivity index (χ4v) is 7.70. The molecule has 2 heterocycles. The van der Waals surface area contributed by atoms with E-state index in [1.165, 1.54) is 61.4 Å². The summed E-state index contributed by atoms with van der Waals surface area (Å²) in [6.45, 7) is 0. The van der Waals surface area contributed by atoms with Gasteiger partial charge in [0, 0.05) is 61.4 Å². The number of anilines is 3. The number of fused-ring (bicyclic) bond motifs is 6. The molecule has 0 saturated heterocycles. The normalized spacial score (nSPS) is 16.6. The van der Waals surface area contributed by atoms with Crippen molar-refractivity contribution in [1.29, 1.82) is 0 Å². The topological polar surface area (TPSA) is 13.1 Å². The number of aromatic nitrogens is 2. The van der Waals surface area contributed by atoms with Crippen molar-refractivity contribution in [3.05, 3.63) is 146 Å². The van der Waals surface area contributed by atoms with Gasteiger partial charge in [0.25, 0.3) is 0 Å². The number of rotatable bonds is 5. The number of hydrogen-bond acceptors (Lipinski definition) is 1. The molecule has 0 fully saturated rings. The van der Waals surface area contributed by atoms with E-state index in [-0.39, 0.29) is 0 Å². The van der Waals surface area contributed by atoms with Gasteiger partial charge >= 0.3 is 0 Å². The highest BCUT2D eigenvalue weighted by atomic mass is 15.1. The lowest BCUT2D eigenvalue weighted by molar-refractivity contribution is 0.485. The van der Waals surface area contributed by atoms with Gasteiger partial charge in [0.2, 0.25) is 0 Å². The van der Waals surface area contributed by atoms with Gasteiger partial charge in [-0.25, -0.2) is 0 Å². The maximum Gasteiger partial charge on any atom is 0.0542 e. The van der Waals surface area contributed by atoms with Gasteiger partial charge < -0.3 is 14.0 Å². The third kappa shape index (κ3) is 4.26. The van der Waals surface area contributed by atoms with Crippen molar-refractivity contribution in [2.75, 3.05) is 4.90 Å². The SMILES string of the molecule is C1=CC(n2c3ccccc3c3cc(N(c4ccccc4)c4ccc5c(c4)c4ccccc4n5C4CC=CCC4)ccc32)=CCC1. The van der Waals surface area contributed by atoms with Gasteiger partial charge in [0.15, 0.2) is 0 Å². The predicted molar refractivity (Wildman–Crippen MR) is 192 cm³/mol. The lowest BCUT2D eigenvalue weighted by atomic mass is 10.0. The van der Waals surface area contributed by atoms with E-state index >= 15 is 0 Å². The summed E-state index contributed by atoms with van der Waals surface area (Å²) in [6.07, 6.45) is 17.2. The van der Waals surface area contributed by atoms with E-state index in [0.717, 1.165) is 37.1 Å². The smallest absolute Gasteiger partial charge is 0.0542 e. The van der Waals surface area contributed by atoms with Crippen LogP contribution in [0.25, 0.3) is 49.3 Å². The van der Waals surface area contributed by atoms with E-state index in [1.54, 1.807) is 0 Å². The van der Waals surface area contributed by atoms with Crippen LogP contribution in [0, 0.1) is 0 Å². The Bertz CT molecular complexity index is 2310. The highest BCUT2D eigenvalue weighted by molar-refractivity contribution is 6.12. The molecule has 7 aromatic rings. The summed E-state index contributed by atoms with van der Waals surface area (Å²) in [4.78, 5) is 2.42. The summed E-state index contributed by atoms with van der Waals surface area (Å²) in [5.41, 5.74) is 9.88. The lowest BCUT2D eigenvalue weighted by Gasteiger charge is -2.26. The Hall–Kier alpha value is -5.28. The second-order valence-electron chi connectivity index (χ2n) is 12.4. The van der Waals surface area contributed by atoms with Crippen LogP contribution in [0.15, 0.2) is 146 Å². The molecule has 0 amide bonds. The molecule has 0 saturated carbocycles. The molecule has 218 valence electrons. The Labute approximate surface area is 263 Å². The minimum Gasteiger partial charge on any atom is -0.337 e. The molecule has 1 atom stereocenters. The standard InChI is InChI=1S/C42H35N3/c1-4-14-30(15-5-1)43(33-24-26-41-37(28-33)35-20-10-12-22-39(35)44(41)31-16-6-2-7-17-31)34-25-27-42-38(29-34)36-21-11-13-23-40(36)45(42)32-18-8-3-9-19-32/h1-2,4-6,8,10-15,18-29,31H,3,7,9,16-17H2. The molecule has 2 aliphatic carbocycles. The third-order valence-electron chi connectivity index (χ3n) is 9.72. The van der Waals surface area contributed by atoms with Crippen LogP contribution in [-0.2, 0) is 0 Å². The van der Waals surface area contributed by atoms with Crippen LogP contribution in [-0.4, -0.2) is 9.13 Å². The van der Waals surface area contributed by atoms with Crippen LogP contribution in [0.3, 0.4) is 0 Å². The first kappa shape index (κ1) is 26.2. The van der Waals surface area contributed by atoms with E-state index in [2.05, 4.69) is 160 Å². The third-order valence-corrected chi connectivity index (χ3v) is 9.72. The van der Waals surface area contributed by atoms with Crippen LogP contribution in [0.4, 0.5) is 17.1 Å². The van der Waals surface area contributed by atoms with E-state index in [1.807, 2.05) is 0 Å². The monoisotopic (exact) mass is 581 g/mol. The molecule has 0 aliphatic heterocycles. The zero-order valence-electron chi connectivity index (χ0n) is 25.3. The van der Waals surface area contributed by atoms with Gasteiger partial charge in [0.05, 0.1) is 11.0 Å². The molecular weight excluding hydrogens is 546 g/mol. The van der Waals surface area contributed by atoms with Crippen LogP contribution in [0.2, 0.25) is 0 Å². The van der Waals surface area contributed by atoms with Crippen molar-refractivity contribution in [3.8, 4) is 0 Å². The molecule has 0 spiro atoms. The van der Waals surface area contributed by atoms with Crippen molar-refractivity contribution < 1.29 is 0 Å². The van der Waals surface area contributed by atoms with Gasteiger partial charge in [-0.15, -0.1) is 0 Å². The van der Waals surface area contributed by atoms with E-state index in [0.29, 0.717) is 6.04 Å². The van der Waals surface area contributed by atoms with Crippen molar-refractivity contribution in [3.63, 3.8) is 0 Å². The lowest BCUT2D eigenvalue weighted by Crippen LogP contribution is -2.11. The van der Waals surface area contributed by atoms with Crippen molar-refractivity contribution in [1.82, 2.24) is 9.13 Å². The molecule has 5 aromatic carbocycles. The molecule has 0 bridgehead atoms. The van der Waals surface area contributed by atoms with Crippen molar-refractivity contribution in [2.45, 2.75) is 38.1 Å². The maximum atomic E-state index is 2.60. The number of hydrogen-bond donors (Lipinski definition) is 0. The van der Waals surface area contributed by atoms with Gasteiger partial charge in [-0.1, -0.05) is 78.9 Å². The first-order chi connectivity index (χ1) is 22.3. The van der Waals surface area contributed by atoms with Crippen LogP contribution in [0.1, 0.15) is 38.1 Å². The molecule has 0 N–H and O–H groups in total. The van der Waals surface area contributed by atoms with Crippen LogP contribution >= 0.6 is 0 Å². The zero-order valence-corrected chi connectivity index (χ0v) is 25.3. The molecule has 2 aromatic heterocycles. The molecule has 0 radical (unpaired) electrons. The number of nitrogens with zero attached hydrogens (tertiary/aromatic N) is 3. The minimum atomic E-state index is 0.488. The molecular formula is C42H35N3. The fraction of sp³-hybridized carbons (Fsp3) is 0.143. The van der Waals surface area contributed by atoms with Crippen molar-refractivity contribution in [2.24, 2.45) is 0 Å². The molecule has 2 aliphatic rings. The average molecular weight is 582 g/mol. The highest BCUT2D eigenvalue weighted by Crippen LogP contribution is 2.43. The first-order valence-electron chi connectivity index (χ1n) is 16.3. The predicted octanol–water partition coefficient (Wildman–Crippen LogP) is 11.8. The minimum absolute atomic E-state index is 0.488. The quantitative estimate of drug-likeness (QED) is 0.184. The second-order valence-corrected chi connectivity index (χ2v) is 12.4. The highest BCUT2D eigenvalue weighted by Gasteiger charge is 2.22. The van der Waals surface area contributed by atoms with E-state index < -0.39 is 0 Å². The summed E-state index contributed by atoms with van der Waals surface area (Å²) in [6, 6.07) is 43.1. The van der Waals surface area contributed by atoms with Gasteiger partial charge in [-0.05, 0) is 98.8 Å². The van der Waals surface area contributed by atoms with Gasteiger partial charge in [0.1, 0.15) is 0 Å². The van der Waals surface area contributed by atoms with Gasteiger partial charge in [-0.2, -0.15) is 0 Å². The van der Waals surface area contributed by atoms with E-state index in [9.17, 15) is 0 Å². The number of benzene rings is 5. The Morgan fingerprint density at radius 3 is 1.89 bits per heavy atom. The summed E-state index contributed by atoms with van der Waals surface area (Å²) in [5, 5.41) is 5.19. The Kier molecular flexibility index (Phi) is 6.22. The Balaban J connectivity index is 1.26. The summed E-state index contributed by atoms with van der Waals surface area (Å²) in [5.74, 6) is 0. The molecule has 1 unspecified atom stereocenters. The van der Waals surface area contributed by atoms with Crippen LogP contribution in [0.5, 0.6) is 0 Å².